The molecule has 0 unspecified atom stereocenters. The van der Waals surface area contributed by atoms with E-state index in [1.54, 1.807) is 18.3 Å². The van der Waals surface area contributed by atoms with Gasteiger partial charge in [-0.1, -0.05) is 6.07 Å². The van der Waals surface area contributed by atoms with Crippen molar-refractivity contribution in [3.05, 3.63) is 54.0 Å². The van der Waals surface area contributed by atoms with Gasteiger partial charge in [-0.25, -0.2) is 9.37 Å². The molecule has 88 valence electrons. The highest BCUT2D eigenvalue weighted by atomic mass is 35.5. The van der Waals surface area contributed by atoms with Crippen LogP contribution in [-0.4, -0.2) is 12.0 Å². The number of anilines is 2. The highest BCUT2D eigenvalue weighted by Gasteiger charge is 2.09. The summed E-state index contributed by atoms with van der Waals surface area (Å²) in [6.07, 6.45) is 1.71. The normalized spacial score (nSPS) is 10.3. The first-order valence-corrected chi connectivity index (χ1v) is 5.75. The van der Waals surface area contributed by atoms with Gasteiger partial charge in [-0.15, -0.1) is 11.6 Å². The summed E-state index contributed by atoms with van der Waals surface area (Å²) >= 11 is 5.86. The minimum atomic E-state index is -0.249. The SMILES string of the molecule is CN(c1ccc(F)cc1)c1ncccc1CCl. The zero-order valence-corrected chi connectivity index (χ0v) is 10.2. The van der Waals surface area contributed by atoms with Crippen LogP contribution in [0, 0.1) is 5.82 Å². The van der Waals surface area contributed by atoms with E-state index in [0.717, 1.165) is 17.1 Å². The van der Waals surface area contributed by atoms with Crippen molar-refractivity contribution in [1.29, 1.82) is 0 Å². The lowest BCUT2D eigenvalue weighted by Gasteiger charge is -2.20. The summed E-state index contributed by atoms with van der Waals surface area (Å²) in [4.78, 5) is 6.18. The van der Waals surface area contributed by atoms with Crippen LogP contribution in [0.2, 0.25) is 0 Å². The number of hydrogen-bond donors (Lipinski definition) is 0. The minimum absolute atomic E-state index is 0.249. The van der Waals surface area contributed by atoms with Gasteiger partial charge in [-0.05, 0) is 30.3 Å². The first-order chi connectivity index (χ1) is 8.22. The molecule has 0 amide bonds. The van der Waals surface area contributed by atoms with Gasteiger partial charge in [0.05, 0.1) is 5.88 Å². The zero-order chi connectivity index (χ0) is 12.3. The van der Waals surface area contributed by atoms with Gasteiger partial charge >= 0.3 is 0 Å². The molecule has 17 heavy (non-hydrogen) atoms. The third kappa shape index (κ3) is 2.56. The summed E-state index contributed by atoms with van der Waals surface area (Å²) in [6, 6.07) is 10.0. The third-order valence-electron chi connectivity index (χ3n) is 2.54. The second-order valence-electron chi connectivity index (χ2n) is 3.66. The monoisotopic (exact) mass is 250 g/mol. The van der Waals surface area contributed by atoms with E-state index in [1.165, 1.54) is 12.1 Å². The molecule has 1 aromatic heterocycles. The highest BCUT2D eigenvalue weighted by molar-refractivity contribution is 6.17. The summed E-state index contributed by atoms with van der Waals surface area (Å²) in [5.74, 6) is 0.934. The number of nitrogens with zero attached hydrogens (tertiary/aromatic N) is 2. The van der Waals surface area contributed by atoms with Crippen LogP contribution in [-0.2, 0) is 5.88 Å². The fourth-order valence-corrected chi connectivity index (χ4v) is 1.83. The number of benzene rings is 1. The average molecular weight is 251 g/mol. The van der Waals surface area contributed by atoms with Crippen molar-refractivity contribution in [1.82, 2.24) is 4.98 Å². The number of hydrogen-bond acceptors (Lipinski definition) is 2. The van der Waals surface area contributed by atoms with Crippen LogP contribution < -0.4 is 4.90 Å². The quantitative estimate of drug-likeness (QED) is 0.772. The Hall–Kier alpha value is -1.61. The van der Waals surface area contributed by atoms with E-state index < -0.39 is 0 Å². The van der Waals surface area contributed by atoms with Crippen LogP contribution in [0.15, 0.2) is 42.6 Å². The maximum Gasteiger partial charge on any atom is 0.137 e. The van der Waals surface area contributed by atoms with Crippen molar-refractivity contribution in [3.8, 4) is 0 Å². The number of rotatable bonds is 3. The smallest absolute Gasteiger partial charge is 0.137 e. The van der Waals surface area contributed by atoms with E-state index >= 15 is 0 Å². The molecule has 0 radical (unpaired) electrons. The largest absolute Gasteiger partial charge is 0.329 e. The number of halogens is 2. The van der Waals surface area contributed by atoms with Crippen LogP contribution in [0.4, 0.5) is 15.9 Å². The van der Waals surface area contributed by atoms with Gasteiger partial charge < -0.3 is 4.90 Å². The number of pyridine rings is 1. The Morgan fingerprint density at radius 1 is 1.24 bits per heavy atom. The number of aromatic nitrogens is 1. The van der Waals surface area contributed by atoms with Crippen molar-refractivity contribution in [2.75, 3.05) is 11.9 Å². The Labute approximate surface area is 105 Å². The molecular formula is C13H12ClFN2. The van der Waals surface area contributed by atoms with E-state index in [2.05, 4.69) is 4.98 Å². The molecule has 2 nitrogen and oxygen atoms in total. The van der Waals surface area contributed by atoms with Gasteiger partial charge in [-0.3, -0.25) is 0 Å². The predicted octanol–water partition coefficient (Wildman–Crippen LogP) is 3.73. The van der Waals surface area contributed by atoms with E-state index in [4.69, 9.17) is 11.6 Å². The third-order valence-corrected chi connectivity index (χ3v) is 2.83. The molecule has 0 atom stereocenters. The van der Waals surface area contributed by atoms with Crippen LogP contribution in [0.3, 0.4) is 0 Å². The molecule has 0 bridgehead atoms. The fourth-order valence-electron chi connectivity index (χ4n) is 1.62. The topological polar surface area (TPSA) is 16.1 Å². The Morgan fingerprint density at radius 3 is 2.59 bits per heavy atom. The Kier molecular flexibility index (Phi) is 3.59. The molecule has 0 saturated heterocycles. The Balaban J connectivity index is 2.36. The molecular weight excluding hydrogens is 239 g/mol. The molecule has 4 heteroatoms. The Bertz CT molecular complexity index is 499. The van der Waals surface area contributed by atoms with Gasteiger partial charge in [0.1, 0.15) is 11.6 Å². The maximum absolute atomic E-state index is 12.8. The molecule has 0 aliphatic carbocycles. The van der Waals surface area contributed by atoms with Gasteiger partial charge in [-0.2, -0.15) is 0 Å². The second-order valence-corrected chi connectivity index (χ2v) is 3.92. The van der Waals surface area contributed by atoms with Crippen molar-refractivity contribution >= 4 is 23.1 Å². The molecule has 2 aromatic rings. The Morgan fingerprint density at radius 2 is 1.94 bits per heavy atom. The van der Waals surface area contributed by atoms with Gasteiger partial charge in [0.15, 0.2) is 0 Å². The van der Waals surface area contributed by atoms with E-state index in [-0.39, 0.29) is 5.82 Å². The molecule has 0 saturated carbocycles. The summed E-state index contributed by atoms with van der Waals surface area (Å²) in [7, 11) is 1.88. The fraction of sp³-hybridized carbons (Fsp3) is 0.154. The molecule has 0 aliphatic rings. The van der Waals surface area contributed by atoms with Crippen molar-refractivity contribution in [2.24, 2.45) is 0 Å². The second kappa shape index (κ2) is 5.15. The molecule has 1 aromatic carbocycles. The first-order valence-electron chi connectivity index (χ1n) is 5.21. The lowest BCUT2D eigenvalue weighted by Crippen LogP contribution is -2.13. The lowest BCUT2D eigenvalue weighted by molar-refractivity contribution is 0.628. The van der Waals surface area contributed by atoms with Crippen LogP contribution in [0.5, 0.6) is 0 Å². The van der Waals surface area contributed by atoms with E-state index in [1.807, 2.05) is 24.1 Å². The van der Waals surface area contributed by atoms with Gasteiger partial charge in [0.2, 0.25) is 0 Å². The standard InChI is InChI=1S/C13H12ClFN2/c1-17(12-6-4-11(15)5-7-12)13-10(9-14)3-2-8-16-13/h2-8H,9H2,1H3. The van der Waals surface area contributed by atoms with Crippen molar-refractivity contribution in [3.63, 3.8) is 0 Å². The summed E-state index contributed by atoms with van der Waals surface area (Å²) in [5, 5.41) is 0. The van der Waals surface area contributed by atoms with Crippen LogP contribution in [0.1, 0.15) is 5.56 Å². The van der Waals surface area contributed by atoms with E-state index in [9.17, 15) is 4.39 Å². The van der Waals surface area contributed by atoms with Gasteiger partial charge in [0, 0.05) is 24.5 Å². The van der Waals surface area contributed by atoms with Crippen molar-refractivity contribution in [2.45, 2.75) is 5.88 Å². The van der Waals surface area contributed by atoms with Crippen molar-refractivity contribution < 1.29 is 4.39 Å². The number of alkyl halides is 1. The molecule has 0 aliphatic heterocycles. The zero-order valence-electron chi connectivity index (χ0n) is 9.40. The van der Waals surface area contributed by atoms with Crippen LogP contribution in [0.25, 0.3) is 0 Å². The molecule has 0 spiro atoms. The maximum atomic E-state index is 12.8. The van der Waals surface area contributed by atoms with Gasteiger partial charge in [0.25, 0.3) is 0 Å². The van der Waals surface area contributed by atoms with Crippen LogP contribution >= 0.6 is 11.6 Å². The summed E-state index contributed by atoms with van der Waals surface area (Å²) < 4.78 is 12.8. The molecule has 0 N–H and O–H groups in total. The average Bonchev–Trinajstić information content (AvgIpc) is 2.39. The highest BCUT2D eigenvalue weighted by Crippen LogP contribution is 2.25. The lowest BCUT2D eigenvalue weighted by atomic mass is 10.2. The molecule has 1 heterocycles. The predicted molar refractivity (Wildman–Crippen MR) is 68.3 cm³/mol. The molecule has 2 rings (SSSR count). The van der Waals surface area contributed by atoms with E-state index in [0.29, 0.717) is 5.88 Å². The molecule has 0 fully saturated rings. The summed E-state index contributed by atoms with van der Waals surface area (Å²) in [6.45, 7) is 0. The first kappa shape index (κ1) is 11.9. The summed E-state index contributed by atoms with van der Waals surface area (Å²) in [5.41, 5.74) is 1.82. The minimum Gasteiger partial charge on any atom is -0.329 e.